The van der Waals surface area contributed by atoms with Crippen LogP contribution in [0, 0.1) is 11.3 Å². The van der Waals surface area contributed by atoms with E-state index >= 15 is 0 Å². The number of thioether (sulfide) groups is 1. The molecule has 2 aromatic rings. The van der Waals surface area contributed by atoms with Gasteiger partial charge in [-0.3, -0.25) is 14.2 Å². The minimum atomic E-state index is -0.422. The van der Waals surface area contributed by atoms with Gasteiger partial charge < -0.3 is 5.73 Å². The van der Waals surface area contributed by atoms with E-state index in [4.69, 9.17) is 10.7 Å². The maximum atomic E-state index is 13.3. The van der Waals surface area contributed by atoms with Gasteiger partial charge in [0.1, 0.15) is 4.83 Å². The first-order valence-electron chi connectivity index (χ1n) is 9.18. The predicted octanol–water partition coefficient (Wildman–Crippen LogP) is 3.76. The zero-order valence-corrected chi connectivity index (χ0v) is 18.1. The first-order chi connectivity index (χ1) is 12.6. The van der Waals surface area contributed by atoms with E-state index in [0.717, 1.165) is 35.1 Å². The van der Waals surface area contributed by atoms with Gasteiger partial charge in [0.05, 0.1) is 11.1 Å². The molecule has 0 aromatic carbocycles. The van der Waals surface area contributed by atoms with Gasteiger partial charge in [-0.2, -0.15) is 0 Å². The number of aryl methyl sites for hydroxylation is 1. The largest absolute Gasteiger partial charge is 0.369 e. The van der Waals surface area contributed by atoms with Crippen LogP contribution in [0.3, 0.4) is 0 Å². The standard InChI is InChI=1S/C20H27N3O2S2/c1-11(2)9-23-18(25)16-13-7-6-12(20(3,4)5)8-14(13)27-17(16)22-19(23)26-10-15(21)24/h12H,1,6-10H2,2-5H3,(H2,21,24). The van der Waals surface area contributed by atoms with E-state index in [1.807, 2.05) is 6.92 Å². The molecule has 0 saturated heterocycles. The van der Waals surface area contributed by atoms with E-state index < -0.39 is 5.91 Å². The van der Waals surface area contributed by atoms with Gasteiger partial charge in [-0.05, 0) is 43.1 Å². The summed E-state index contributed by atoms with van der Waals surface area (Å²) >= 11 is 2.85. The molecule has 1 amide bonds. The number of allylic oxidation sites excluding steroid dienone is 1. The van der Waals surface area contributed by atoms with Crippen molar-refractivity contribution in [1.82, 2.24) is 9.55 Å². The summed E-state index contributed by atoms with van der Waals surface area (Å²) in [5, 5.41) is 1.30. The van der Waals surface area contributed by atoms with E-state index in [1.54, 1.807) is 15.9 Å². The Morgan fingerprint density at radius 1 is 1.44 bits per heavy atom. The zero-order valence-electron chi connectivity index (χ0n) is 16.4. The van der Waals surface area contributed by atoms with Gasteiger partial charge in [0.25, 0.3) is 5.56 Å². The van der Waals surface area contributed by atoms with Crippen molar-refractivity contribution >= 4 is 39.2 Å². The minimum Gasteiger partial charge on any atom is -0.369 e. The Labute approximate surface area is 168 Å². The average molecular weight is 406 g/mol. The van der Waals surface area contributed by atoms with E-state index in [2.05, 4.69) is 27.4 Å². The Bertz CT molecular complexity index is 966. The molecule has 1 aliphatic rings. The molecule has 0 radical (unpaired) electrons. The summed E-state index contributed by atoms with van der Waals surface area (Å²) in [7, 11) is 0. The summed E-state index contributed by atoms with van der Waals surface area (Å²) in [6.45, 7) is 13.1. The molecule has 2 aromatic heterocycles. The molecule has 0 spiro atoms. The lowest BCUT2D eigenvalue weighted by Gasteiger charge is -2.33. The lowest BCUT2D eigenvalue weighted by Crippen LogP contribution is -2.27. The summed E-state index contributed by atoms with van der Waals surface area (Å²) in [5.74, 6) is 0.292. The molecule has 2 N–H and O–H groups in total. The number of amides is 1. The first kappa shape index (κ1) is 20.1. The molecule has 1 atom stereocenters. The number of rotatable bonds is 5. The topological polar surface area (TPSA) is 78.0 Å². The van der Waals surface area contributed by atoms with Crippen LogP contribution >= 0.6 is 23.1 Å². The second-order valence-corrected chi connectivity index (χ2v) is 10.5. The Hall–Kier alpha value is -1.60. The number of hydrogen-bond donors (Lipinski definition) is 1. The highest BCUT2D eigenvalue weighted by Crippen LogP contribution is 2.42. The van der Waals surface area contributed by atoms with Crippen LogP contribution in [-0.4, -0.2) is 21.2 Å². The minimum absolute atomic E-state index is 0.0262. The molecule has 146 valence electrons. The second-order valence-electron chi connectivity index (χ2n) is 8.49. The van der Waals surface area contributed by atoms with Crippen molar-refractivity contribution in [3.05, 3.63) is 32.9 Å². The third kappa shape index (κ3) is 4.14. The lowest BCUT2D eigenvalue weighted by atomic mass is 9.72. The fourth-order valence-corrected chi connectivity index (χ4v) is 5.71. The molecule has 0 saturated carbocycles. The van der Waals surface area contributed by atoms with Gasteiger partial charge in [0.2, 0.25) is 5.91 Å². The van der Waals surface area contributed by atoms with Gasteiger partial charge in [-0.15, -0.1) is 11.3 Å². The molecule has 1 aliphatic carbocycles. The summed E-state index contributed by atoms with van der Waals surface area (Å²) in [5.41, 5.74) is 7.56. The molecule has 0 bridgehead atoms. The summed E-state index contributed by atoms with van der Waals surface area (Å²) in [6, 6.07) is 0. The second kappa shape index (κ2) is 7.43. The molecule has 1 unspecified atom stereocenters. The Morgan fingerprint density at radius 3 is 2.74 bits per heavy atom. The molecule has 27 heavy (non-hydrogen) atoms. The number of carbonyl (C=O) groups is 1. The lowest BCUT2D eigenvalue weighted by molar-refractivity contribution is -0.115. The van der Waals surface area contributed by atoms with Gasteiger partial charge in [0, 0.05) is 11.4 Å². The van der Waals surface area contributed by atoms with Crippen molar-refractivity contribution in [1.29, 1.82) is 0 Å². The summed E-state index contributed by atoms with van der Waals surface area (Å²) < 4.78 is 1.64. The van der Waals surface area contributed by atoms with Crippen molar-refractivity contribution in [2.24, 2.45) is 17.1 Å². The number of carbonyl (C=O) groups excluding carboxylic acids is 1. The summed E-state index contributed by atoms with van der Waals surface area (Å²) in [4.78, 5) is 31.3. The summed E-state index contributed by atoms with van der Waals surface area (Å²) in [6.07, 6.45) is 3.03. The normalized spacial score (nSPS) is 17.1. The van der Waals surface area contributed by atoms with Crippen molar-refractivity contribution in [2.45, 2.75) is 58.7 Å². The Balaban J connectivity index is 2.12. The smallest absolute Gasteiger partial charge is 0.263 e. The molecule has 2 heterocycles. The first-order valence-corrected chi connectivity index (χ1v) is 11.0. The SMILES string of the molecule is C=C(C)Cn1c(SCC(N)=O)nc2sc3c(c2c1=O)CCC(C(C)(C)C)C3. The van der Waals surface area contributed by atoms with Gasteiger partial charge >= 0.3 is 0 Å². The van der Waals surface area contributed by atoms with E-state index in [0.29, 0.717) is 17.6 Å². The van der Waals surface area contributed by atoms with E-state index in [1.165, 1.54) is 22.2 Å². The van der Waals surface area contributed by atoms with Gasteiger partial charge in [-0.1, -0.05) is 44.7 Å². The number of fused-ring (bicyclic) bond motifs is 3. The number of nitrogens with two attached hydrogens (primary N) is 1. The van der Waals surface area contributed by atoms with Crippen molar-refractivity contribution in [2.75, 3.05) is 5.75 Å². The molecule has 7 heteroatoms. The Morgan fingerprint density at radius 2 is 2.15 bits per heavy atom. The highest BCUT2D eigenvalue weighted by Gasteiger charge is 2.32. The van der Waals surface area contributed by atoms with Crippen LogP contribution in [0.15, 0.2) is 22.1 Å². The average Bonchev–Trinajstić information content (AvgIpc) is 2.92. The van der Waals surface area contributed by atoms with Gasteiger partial charge in [0.15, 0.2) is 5.16 Å². The van der Waals surface area contributed by atoms with Gasteiger partial charge in [-0.25, -0.2) is 4.98 Å². The molecule has 5 nitrogen and oxygen atoms in total. The highest BCUT2D eigenvalue weighted by molar-refractivity contribution is 7.99. The third-order valence-electron chi connectivity index (χ3n) is 5.13. The van der Waals surface area contributed by atoms with Crippen LogP contribution in [-0.2, 0) is 24.2 Å². The number of nitrogens with zero attached hydrogens (tertiary/aromatic N) is 2. The quantitative estimate of drug-likeness (QED) is 0.467. The van der Waals surface area contributed by atoms with Crippen molar-refractivity contribution < 1.29 is 4.79 Å². The zero-order chi connectivity index (χ0) is 19.9. The van der Waals surface area contributed by atoms with E-state index in [-0.39, 0.29) is 16.7 Å². The number of hydrogen-bond acceptors (Lipinski definition) is 5. The van der Waals surface area contributed by atoms with Crippen LogP contribution in [0.2, 0.25) is 0 Å². The molecule has 3 rings (SSSR count). The molecule has 0 fully saturated rings. The van der Waals surface area contributed by atoms with Crippen molar-refractivity contribution in [3.63, 3.8) is 0 Å². The van der Waals surface area contributed by atoms with Crippen molar-refractivity contribution in [3.8, 4) is 0 Å². The molecule has 0 aliphatic heterocycles. The third-order valence-corrected chi connectivity index (χ3v) is 7.28. The number of primary amides is 1. The monoisotopic (exact) mass is 405 g/mol. The predicted molar refractivity (Wildman–Crippen MR) is 114 cm³/mol. The van der Waals surface area contributed by atoms with E-state index in [9.17, 15) is 9.59 Å². The van der Waals surface area contributed by atoms with Crippen LogP contribution in [0.5, 0.6) is 0 Å². The Kier molecular flexibility index (Phi) is 5.54. The maximum Gasteiger partial charge on any atom is 0.263 e. The maximum absolute atomic E-state index is 13.3. The number of aromatic nitrogens is 2. The van der Waals surface area contributed by atoms with Crippen LogP contribution < -0.4 is 11.3 Å². The highest BCUT2D eigenvalue weighted by atomic mass is 32.2. The fraction of sp³-hybridized carbons (Fsp3) is 0.550. The molecular formula is C20H27N3O2S2. The fourth-order valence-electron chi connectivity index (χ4n) is 3.63. The van der Waals surface area contributed by atoms with Crippen LogP contribution in [0.4, 0.5) is 0 Å². The van der Waals surface area contributed by atoms with Crippen LogP contribution in [0.25, 0.3) is 10.2 Å². The molecular weight excluding hydrogens is 378 g/mol. The van der Waals surface area contributed by atoms with Crippen LogP contribution in [0.1, 0.15) is 44.6 Å². The number of thiophene rings is 1.